The van der Waals surface area contributed by atoms with Gasteiger partial charge in [0.15, 0.2) is 0 Å². The van der Waals surface area contributed by atoms with Crippen molar-refractivity contribution in [2.24, 2.45) is 11.1 Å². The normalized spacial score (nSPS) is 16.1. The van der Waals surface area contributed by atoms with Crippen molar-refractivity contribution in [3.8, 4) is 0 Å². The van der Waals surface area contributed by atoms with Crippen LogP contribution in [-0.4, -0.2) is 16.5 Å². The molecule has 1 aliphatic carbocycles. The van der Waals surface area contributed by atoms with Crippen LogP contribution in [0.1, 0.15) is 50.7 Å². The highest BCUT2D eigenvalue weighted by Crippen LogP contribution is 2.25. The summed E-state index contributed by atoms with van der Waals surface area (Å²) in [5.74, 6) is 0.777. The number of aryl methyl sites for hydroxylation is 2. The zero-order valence-corrected chi connectivity index (χ0v) is 13.6. The maximum Gasteiger partial charge on any atom is 0.0529 e. The first-order valence-corrected chi connectivity index (χ1v) is 9.04. The van der Waals surface area contributed by atoms with Crippen LogP contribution in [0.15, 0.2) is 23.1 Å². The fourth-order valence-electron chi connectivity index (χ4n) is 2.75. The number of rotatable bonds is 7. The van der Waals surface area contributed by atoms with Gasteiger partial charge in [-0.2, -0.15) is 0 Å². The number of benzene rings is 1. The molecule has 1 atom stereocenters. The largest absolute Gasteiger partial charge is 0.330 e. The molecule has 2 nitrogen and oxygen atoms in total. The van der Waals surface area contributed by atoms with Gasteiger partial charge >= 0.3 is 0 Å². The van der Waals surface area contributed by atoms with Gasteiger partial charge in [0.25, 0.3) is 0 Å². The van der Waals surface area contributed by atoms with E-state index in [1.165, 1.54) is 24.0 Å². The van der Waals surface area contributed by atoms with Crippen molar-refractivity contribution in [2.75, 3.05) is 12.3 Å². The molecule has 3 heteroatoms. The molecule has 112 valence electrons. The van der Waals surface area contributed by atoms with E-state index >= 15 is 0 Å². The van der Waals surface area contributed by atoms with Gasteiger partial charge in [-0.15, -0.1) is 0 Å². The Balaban J connectivity index is 1.81. The first-order valence-electron chi connectivity index (χ1n) is 7.72. The molecule has 0 fully saturated rings. The number of nitrogens with two attached hydrogens (primary N) is 1. The van der Waals surface area contributed by atoms with E-state index < -0.39 is 10.8 Å². The van der Waals surface area contributed by atoms with E-state index in [2.05, 4.69) is 32.0 Å². The van der Waals surface area contributed by atoms with Gasteiger partial charge < -0.3 is 5.73 Å². The molecule has 1 unspecified atom stereocenters. The molecule has 0 spiro atoms. The molecule has 0 saturated heterocycles. The van der Waals surface area contributed by atoms with Gasteiger partial charge in [-0.1, -0.05) is 26.3 Å². The first-order chi connectivity index (χ1) is 9.52. The number of hydrogen-bond donors (Lipinski definition) is 1. The van der Waals surface area contributed by atoms with E-state index in [-0.39, 0.29) is 5.41 Å². The Bertz CT molecular complexity index is 482. The van der Waals surface area contributed by atoms with E-state index in [1.807, 2.05) is 0 Å². The Morgan fingerprint density at radius 3 is 2.70 bits per heavy atom. The molecule has 2 rings (SSSR count). The third-order valence-electron chi connectivity index (χ3n) is 4.32. The maximum atomic E-state index is 12.3. The van der Waals surface area contributed by atoms with Crippen LogP contribution < -0.4 is 5.73 Å². The highest BCUT2D eigenvalue weighted by Gasteiger charge is 2.16. The number of unbranched alkanes of at least 4 members (excludes halogenated alkanes) is 1. The fourth-order valence-corrected chi connectivity index (χ4v) is 3.94. The lowest BCUT2D eigenvalue weighted by Gasteiger charge is -2.21. The topological polar surface area (TPSA) is 43.1 Å². The molecule has 2 N–H and O–H groups in total. The fraction of sp³-hybridized carbons (Fsp3) is 0.647. The lowest BCUT2D eigenvalue weighted by atomic mass is 9.88. The smallest absolute Gasteiger partial charge is 0.0529 e. The summed E-state index contributed by atoms with van der Waals surface area (Å²) in [5.41, 5.74) is 8.82. The zero-order valence-electron chi connectivity index (χ0n) is 12.8. The van der Waals surface area contributed by atoms with Crippen LogP contribution in [-0.2, 0) is 23.6 Å². The van der Waals surface area contributed by atoms with Gasteiger partial charge in [-0.25, -0.2) is 0 Å². The number of fused-ring (bicyclic) bond motifs is 1. The molecule has 20 heavy (non-hydrogen) atoms. The molecular weight excluding hydrogens is 266 g/mol. The average molecular weight is 293 g/mol. The summed E-state index contributed by atoms with van der Waals surface area (Å²) >= 11 is 0. The monoisotopic (exact) mass is 293 g/mol. The van der Waals surface area contributed by atoms with Crippen molar-refractivity contribution in [2.45, 2.75) is 57.3 Å². The van der Waals surface area contributed by atoms with Crippen molar-refractivity contribution in [3.05, 3.63) is 29.3 Å². The number of hydrogen-bond acceptors (Lipinski definition) is 2. The standard InChI is InChI=1S/C17H27NOS/c1-17(2,13-18)10-3-4-11-20(19)16-9-8-14-6-5-7-15(14)12-16/h8-9,12H,3-7,10-11,13,18H2,1-2H3. The molecule has 0 aromatic heterocycles. The van der Waals surface area contributed by atoms with Gasteiger partial charge in [0.1, 0.15) is 0 Å². The van der Waals surface area contributed by atoms with E-state index in [0.29, 0.717) is 0 Å². The minimum atomic E-state index is -0.837. The van der Waals surface area contributed by atoms with E-state index in [4.69, 9.17) is 5.73 Å². The highest BCUT2D eigenvalue weighted by atomic mass is 32.2. The SMILES string of the molecule is CC(C)(CN)CCCCS(=O)c1ccc2c(c1)CCC2. The molecule has 0 aliphatic heterocycles. The van der Waals surface area contributed by atoms with Crippen molar-refractivity contribution in [3.63, 3.8) is 0 Å². The summed E-state index contributed by atoms with van der Waals surface area (Å²) < 4.78 is 12.3. The van der Waals surface area contributed by atoms with Crippen LogP contribution in [0.3, 0.4) is 0 Å². The molecule has 0 heterocycles. The Morgan fingerprint density at radius 1 is 1.20 bits per heavy atom. The summed E-state index contributed by atoms with van der Waals surface area (Å²) in [6.45, 7) is 5.12. The summed E-state index contributed by atoms with van der Waals surface area (Å²) in [6, 6.07) is 6.40. The zero-order chi connectivity index (χ0) is 14.6. The van der Waals surface area contributed by atoms with Gasteiger partial charge in [-0.05, 0) is 67.3 Å². The molecular formula is C17H27NOS. The molecule has 0 saturated carbocycles. The van der Waals surface area contributed by atoms with Crippen LogP contribution in [0.5, 0.6) is 0 Å². The molecule has 1 aromatic carbocycles. The Morgan fingerprint density at radius 2 is 1.95 bits per heavy atom. The van der Waals surface area contributed by atoms with E-state index in [1.54, 1.807) is 0 Å². The van der Waals surface area contributed by atoms with Crippen molar-refractivity contribution in [1.29, 1.82) is 0 Å². The average Bonchev–Trinajstić information content (AvgIpc) is 2.90. The second-order valence-corrected chi connectivity index (χ2v) is 8.23. The molecule has 1 aromatic rings. The third-order valence-corrected chi connectivity index (χ3v) is 5.76. The van der Waals surface area contributed by atoms with Gasteiger partial charge in [-0.3, -0.25) is 4.21 Å². The molecule has 0 radical (unpaired) electrons. The molecule has 0 bridgehead atoms. The van der Waals surface area contributed by atoms with Gasteiger partial charge in [0.05, 0.1) is 10.8 Å². The summed E-state index contributed by atoms with van der Waals surface area (Å²) in [5, 5.41) is 0. The summed E-state index contributed by atoms with van der Waals surface area (Å²) in [7, 11) is -0.837. The third kappa shape index (κ3) is 4.16. The quantitative estimate of drug-likeness (QED) is 0.783. The van der Waals surface area contributed by atoms with Crippen LogP contribution in [0, 0.1) is 5.41 Å². The second kappa shape index (κ2) is 6.86. The predicted octanol–water partition coefficient (Wildman–Crippen LogP) is 3.44. The van der Waals surface area contributed by atoms with Gasteiger partial charge in [0, 0.05) is 10.6 Å². The highest BCUT2D eigenvalue weighted by molar-refractivity contribution is 7.85. The van der Waals surface area contributed by atoms with Crippen molar-refractivity contribution < 1.29 is 4.21 Å². The van der Waals surface area contributed by atoms with E-state index in [0.717, 1.165) is 42.9 Å². The van der Waals surface area contributed by atoms with Crippen LogP contribution >= 0.6 is 0 Å². The summed E-state index contributed by atoms with van der Waals surface area (Å²) in [4.78, 5) is 1.02. The Kier molecular flexibility index (Phi) is 5.39. The van der Waals surface area contributed by atoms with Crippen molar-refractivity contribution >= 4 is 10.8 Å². The van der Waals surface area contributed by atoms with Crippen LogP contribution in [0.4, 0.5) is 0 Å². The second-order valence-electron chi connectivity index (χ2n) is 6.66. The van der Waals surface area contributed by atoms with Crippen LogP contribution in [0.2, 0.25) is 0 Å². The Labute approximate surface area is 125 Å². The van der Waals surface area contributed by atoms with Crippen LogP contribution in [0.25, 0.3) is 0 Å². The lowest BCUT2D eigenvalue weighted by Crippen LogP contribution is -2.23. The minimum Gasteiger partial charge on any atom is -0.330 e. The van der Waals surface area contributed by atoms with E-state index in [9.17, 15) is 4.21 Å². The van der Waals surface area contributed by atoms with Crippen molar-refractivity contribution in [1.82, 2.24) is 0 Å². The maximum absolute atomic E-state index is 12.3. The molecule has 1 aliphatic rings. The molecule has 0 amide bonds. The minimum absolute atomic E-state index is 0.217. The summed E-state index contributed by atoms with van der Waals surface area (Å²) in [6.07, 6.45) is 6.85. The Hall–Kier alpha value is -0.670. The predicted molar refractivity (Wildman–Crippen MR) is 86.4 cm³/mol. The lowest BCUT2D eigenvalue weighted by molar-refractivity contribution is 0.336. The first kappa shape index (κ1) is 15.7. The van der Waals surface area contributed by atoms with Gasteiger partial charge in [0.2, 0.25) is 0 Å².